The number of aliphatic hydroxyl groups excluding tert-OH is 1. The summed E-state index contributed by atoms with van der Waals surface area (Å²) in [6.45, 7) is 0. The molecule has 2 aromatic heterocycles. The molecule has 0 bridgehead atoms. The maximum absolute atomic E-state index is 10.3. The zero-order valence-electron chi connectivity index (χ0n) is 15.6. The van der Waals surface area contributed by atoms with Crippen molar-refractivity contribution in [2.24, 2.45) is 0 Å². The van der Waals surface area contributed by atoms with Gasteiger partial charge < -0.3 is 30.0 Å². The van der Waals surface area contributed by atoms with Gasteiger partial charge in [0.25, 0.3) is 0 Å². The molecule has 0 aliphatic carbocycles. The summed E-state index contributed by atoms with van der Waals surface area (Å²) < 4.78 is 15.9. The average Bonchev–Trinajstić information content (AvgIpc) is 2.73. The number of methoxy groups -OCH3 is 3. The highest BCUT2D eigenvalue weighted by Gasteiger charge is 2.15. The van der Waals surface area contributed by atoms with Gasteiger partial charge in [-0.05, 0) is 12.1 Å². The number of rotatable bonds is 8. The highest BCUT2D eigenvalue weighted by molar-refractivity contribution is 5.63. The highest BCUT2D eigenvalue weighted by atomic mass is 16.5. The van der Waals surface area contributed by atoms with Crippen molar-refractivity contribution in [3.63, 3.8) is 0 Å². The minimum atomic E-state index is -1.18. The molecule has 1 atom stereocenters. The lowest BCUT2D eigenvalue weighted by molar-refractivity contribution is 0.231. The lowest BCUT2D eigenvalue weighted by Gasteiger charge is -2.18. The van der Waals surface area contributed by atoms with E-state index in [2.05, 4.69) is 30.6 Å². The number of benzene rings is 1. The lowest BCUT2D eigenvalue weighted by atomic mass is 10.2. The van der Waals surface area contributed by atoms with E-state index in [0.29, 0.717) is 28.8 Å². The molecule has 3 rings (SSSR count). The zero-order chi connectivity index (χ0) is 19.9. The van der Waals surface area contributed by atoms with Crippen LogP contribution in [0.3, 0.4) is 0 Å². The van der Waals surface area contributed by atoms with E-state index in [9.17, 15) is 5.11 Å². The van der Waals surface area contributed by atoms with Crippen molar-refractivity contribution in [1.29, 1.82) is 0 Å². The fraction of sp³-hybridized carbons (Fsp3) is 0.222. The Bertz CT molecular complexity index is 900. The smallest absolute Gasteiger partial charge is 0.229 e. The van der Waals surface area contributed by atoms with Gasteiger partial charge in [-0.15, -0.1) is 0 Å². The largest absolute Gasteiger partial charge is 0.493 e. The Morgan fingerprint density at radius 1 is 0.929 bits per heavy atom. The molecule has 146 valence electrons. The fourth-order valence-corrected chi connectivity index (χ4v) is 2.49. The van der Waals surface area contributed by atoms with Crippen LogP contribution < -0.4 is 24.8 Å². The van der Waals surface area contributed by atoms with Crippen molar-refractivity contribution in [3.05, 3.63) is 43.0 Å². The van der Waals surface area contributed by atoms with Crippen LogP contribution in [0.1, 0.15) is 0 Å². The highest BCUT2D eigenvalue weighted by Crippen LogP contribution is 2.40. The second-order valence-electron chi connectivity index (χ2n) is 5.47. The Morgan fingerprint density at radius 2 is 1.61 bits per heavy atom. The van der Waals surface area contributed by atoms with Crippen LogP contribution >= 0.6 is 0 Å². The maximum atomic E-state index is 10.3. The van der Waals surface area contributed by atoms with Crippen molar-refractivity contribution in [2.75, 3.05) is 32.0 Å². The average molecular weight is 384 g/mol. The third-order valence-electron chi connectivity index (χ3n) is 3.74. The molecule has 2 heterocycles. The van der Waals surface area contributed by atoms with Gasteiger partial charge in [-0.2, -0.15) is 4.98 Å². The van der Waals surface area contributed by atoms with Gasteiger partial charge in [0, 0.05) is 35.8 Å². The summed E-state index contributed by atoms with van der Waals surface area (Å²) in [6, 6.07) is 6.90. The van der Waals surface area contributed by atoms with E-state index in [-0.39, 0.29) is 5.95 Å². The fourth-order valence-electron chi connectivity index (χ4n) is 2.49. The van der Waals surface area contributed by atoms with Gasteiger partial charge in [0.1, 0.15) is 6.33 Å². The molecule has 1 aromatic carbocycles. The number of aliphatic hydroxyl groups is 1. The number of nitrogens with one attached hydrogen (secondary N) is 2. The second kappa shape index (κ2) is 8.82. The van der Waals surface area contributed by atoms with Crippen LogP contribution in [0, 0.1) is 0 Å². The van der Waals surface area contributed by atoms with Crippen LogP contribution in [0.5, 0.6) is 17.2 Å². The third-order valence-corrected chi connectivity index (χ3v) is 3.74. The first-order valence-electron chi connectivity index (χ1n) is 8.25. The van der Waals surface area contributed by atoms with Crippen molar-refractivity contribution in [3.8, 4) is 28.6 Å². The first kappa shape index (κ1) is 19.1. The van der Waals surface area contributed by atoms with Gasteiger partial charge >= 0.3 is 0 Å². The molecule has 0 amide bonds. The number of ether oxygens (including phenoxy) is 3. The van der Waals surface area contributed by atoms with Gasteiger partial charge in [-0.1, -0.05) is 0 Å². The molecule has 0 aliphatic rings. The lowest BCUT2D eigenvalue weighted by Crippen LogP contribution is -2.29. The number of hydrogen-bond acceptors (Lipinski definition) is 10. The molecule has 0 saturated carbocycles. The van der Waals surface area contributed by atoms with Crippen LogP contribution in [0.25, 0.3) is 11.4 Å². The van der Waals surface area contributed by atoms with Crippen LogP contribution in [0.4, 0.5) is 11.6 Å². The molecule has 0 spiro atoms. The quantitative estimate of drug-likeness (QED) is 0.495. The number of nitrogens with zero attached hydrogens (tertiary/aromatic N) is 4. The summed E-state index contributed by atoms with van der Waals surface area (Å²) in [5.41, 5.74) is 1.32. The van der Waals surface area contributed by atoms with E-state index in [1.165, 1.54) is 27.7 Å². The van der Waals surface area contributed by atoms with Crippen LogP contribution in [0.2, 0.25) is 0 Å². The predicted molar refractivity (Wildman–Crippen MR) is 102 cm³/mol. The minimum absolute atomic E-state index is 0.203. The molecule has 0 fully saturated rings. The SMILES string of the molecule is COc1cc(NC(O)Nc2ncnc(-c3ccncc3)n2)cc(OC)c1OC. The van der Waals surface area contributed by atoms with Crippen molar-refractivity contribution < 1.29 is 19.3 Å². The van der Waals surface area contributed by atoms with Crippen molar-refractivity contribution >= 4 is 11.6 Å². The first-order valence-corrected chi connectivity index (χ1v) is 8.25. The van der Waals surface area contributed by atoms with E-state index >= 15 is 0 Å². The molecule has 0 radical (unpaired) electrons. The molecule has 10 heteroatoms. The van der Waals surface area contributed by atoms with Crippen molar-refractivity contribution in [2.45, 2.75) is 6.35 Å². The Balaban J connectivity index is 1.75. The number of hydrogen-bond donors (Lipinski definition) is 3. The maximum Gasteiger partial charge on any atom is 0.229 e. The molecule has 3 aromatic rings. The van der Waals surface area contributed by atoms with Crippen molar-refractivity contribution in [1.82, 2.24) is 19.9 Å². The van der Waals surface area contributed by atoms with Gasteiger partial charge in [0.15, 0.2) is 17.3 Å². The summed E-state index contributed by atoms with van der Waals surface area (Å²) in [5.74, 6) is 2.03. The summed E-state index contributed by atoms with van der Waals surface area (Å²) in [5, 5.41) is 16.0. The summed E-state index contributed by atoms with van der Waals surface area (Å²) in [7, 11) is 4.55. The van der Waals surface area contributed by atoms with E-state index in [0.717, 1.165) is 5.56 Å². The molecule has 0 saturated heterocycles. The van der Waals surface area contributed by atoms with Crippen LogP contribution in [-0.2, 0) is 0 Å². The molecule has 0 aliphatic heterocycles. The summed E-state index contributed by atoms with van der Waals surface area (Å²) in [6.07, 6.45) is 3.47. The zero-order valence-corrected chi connectivity index (χ0v) is 15.6. The number of pyridine rings is 1. The molecule has 3 N–H and O–H groups in total. The van der Waals surface area contributed by atoms with Crippen LogP contribution in [-0.4, -0.2) is 52.7 Å². The summed E-state index contributed by atoms with van der Waals surface area (Å²) in [4.78, 5) is 16.4. The molecular formula is C18H20N6O4. The Kier molecular flexibility index (Phi) is 6.02. The van der Waals surface area contributed by atoms with Crippen LogP contribution in [0.15, 0.2) is 43.0 Å². The monoisotopic (exact) mass is 384 g/mol. The standard InChI is InChI=1S/C18H20N6O4/c1-26-13-8-12(9-14(27-2)15(13)28-3)22-18(25)24-17-21-10-20-16(23-17)11-4-6-19-7-5-11/h4-10,18,22,25H,1-3H3,(H,20,21,23,24). The van der Waals surface area contributed by atoms with Gasteiger partial charge in [-0.3, -0.25) is 4.98 Å². The summed E-state index contributed by atoms with van der Waals surface area (Å²) >= 11 is 0. The Morgan fingerprint density at radius 3 is 2.21 bits per heavy atom. The van der Waals surface area contributed by atoms with Gasteiger partial charge in [0.05, 0.1) is 21.3 Å². The predicted octanol–water partition coefficient (Wildman–Crippen LogP) is 1.76. The van der Waals surface area contributed by atoms with E-state index in [1.54, 1.807) is 36.7 Å². The molecule has 28 heavy (non-hydrogen) atoms. The first-order chi connectivity index (χ1) is 13.6. The van der Waals surface area contributed by atoms with Gasteiger partial charge in [0.2, 0.25) is 18.0 Å². The second-order valence-corrected chi connectivity index (χ2v) is 5.47. The Labute approximate surface area is 161 Å². The Hall–Kier alpha value is -3.66. The van der Waals surface area contributed by atoms with E-state index < -0.39 is 6.35 Å². The third kappa shape index (κ3) is 4.35. The normalized spacial score (nSPS) is 11.4. The molecule has 10 nitrogen and oxygen atoms in total. The topological polar surface area (TPSA) is 124 Å². The minimum Gasteiger partial charge on any atom is -0.493 e. The van der Waals surface area contributed by atoms with Gasteiger partial charge in [-0.25, -0.2) is 9.97 Å². The number of aromatic nitrogens is 4. The molecule has 1 unspecified atom stereocenters. The van der Waals surface area contributed by atoms with E-state index in [4.69, 9.17) is 14.2 Å². The number of anilines is 2. The molecular weight excluding hydrogens is 364 g/mol. The van der Waals surface area contributed by atoms with E-state index in [1.807, 2.05) is 0 Å².